The molecule has 1 heterocycles. The smallest absolute Gasteiger partial charge is 0.310 e. The van der Waals surface area contributed by atoms with Gasteiger partial charge in [0.1, 0.15) is 0 Å². The average Bonchev–Trinajstić information content (AvgIpc) is 2.82. The largest absolute Gasteiger partial charge is 0.502 e. The molecule has 1 saturated heterocycles. The van der Waals surface area contributed by atoms with Crippen molar-refractivity contribution in [2.75, 3.05) is 13.1 Å². The molecular weight excluding hydrogens is 466 g/mol. The number of nitro benzene ring substituents is 2. The molecule has 10 heteroatoms. The predicted molar refractivity (Wildman–Crippen MR) is 132 cm³/mol. The van der Waals surface area contributed by atoms with Gasteiger partial charge >= 0.3 is 11.4 Å². The minimum absolute atomic E-state index is 0.269. The summed E-state index contributed by atoms with van der Waals surface area (Å²) in [5, 5.41) is 42.0. The van der Waals surface area contributed by atoms with Crippen molar-refractivity contribution in [1.82, 2.24) is 4.90 Å². The number of nitrogens with zero attached hydrogens (tertiary/aromatic N) is 3. The molecule has 0 unspecified atom stereocenters. The number of phenols is 2. The monoisotopic (exact) mass is 487 g/mol. The van der Waals surface area contributed by atoms with Crippen LogP contribution in [-0.4, -0.2) is 43.8 Å². The maximum atomic E-state index is 13.3. The normalized spacial score (nSPS) is 16.4. The van der Waals surface area contributed by atoms with Crippen LogP contribution in [0.2, 0.25) is 0 Å². The van der Waals surface area contributed by atoms with Gasteiger partial charge in [0.05, 0.1) is 9.85 Å². The molecule has 36 heavy (non-hydrogen) atoms. The van der Waals surface area contributed by atoms with Crippen molar-refractivity contribution < 1.29 is 24.9 Å². The summed E-state index contributed by atoms with van der Waals surface area (Å²) in [7, 11) is 0. The number of ketones is 1. The zero-order valence-electron chi connectivity index (χ0n) is 18.9. The zero-order chi connectivity index (χ0) is 25.8. The number of carbonyl (C=O) groups is 1. The third kappa shape index (κ3) is 5.45. The van der Waals surface area contributed by atoms with Gasteiger partial charge in [-0.15, -0.1) is 0 Å². The molecule has 0 aliphatic carbocycles. The van der Waals surface area contributed by atoms with Gasteiger partial charge in [0.15, 0.2) is 17.3 Å². The quantitative estimate of drug-likeness (QED) is 0.294. The molecule has 0 atom stereocenters. The number of carbonyl (C=O) groups excluding carboxylic acids is 1. The summed E-state index contributed by atoms with van der Waals surface area (Å²) in [4.78, 5) is 36.0. The SMILES string of the molecule is O=C1/C(=C\c2ccc([N+](=O)[O-])c(O)c2)CN(Cc2ccccc2)C/C1=C\c1ccc([N+](=O)[O-])c(O)c1. The van der Waals surface area contributed by atoms with Gasteiger partial charge < -0.3 is 10.2 Å². The first-order valence-electron chi connectivity index (χ1n) is 10.9. The molecule has 10 nitrogen and oxygen atoms in total. The molecule has 1 aliphatic heterocycles. The zero-order valence-corrected chi connectivity index (χ0v) is 18.9. The van der Waals surface area contributed by atoms with Crippen LogP contribution in [-0.2, 0) is 11.3 Å². The number of hydrogen-bond donors (Lipinski definition) is 2. The molecule has 182 valence electrons. The fourth-order valence-corrected chi connectivity index (χ4v) is 4.03. The van der Waals surface area contributed by atoms with E-state index in [-0.39, 0.29) is 5.78 Å². The van der Waals surface area contributed by atoms with Crippen LogP contribution in [0.3, 0.4) is 0 Å². The third-order valence-electron chi connectivity index (χ3n) is 5.69. The number of piperidine rings is 1. The molecule has 0 saturated carbocycles. The molecule has 3 aromatic rings. The Kier molecular flexibility index (Phi) is 6.88. The van der Waals surface area contributed by atoms with Crippen LogP contribution in [0.1, 0.15) is 16.7 Å². The Labute approximate surface area is 205 Å². The van der Waals surface area contributed by atoms with E-state index in [1.54, 1.807) is 12.2 Å². The molecule has 2 N–H and O–H groups in total. The Balaban J connectivity index is 1.71. The van der Waals surface area contributed by atoms with Gasteiger partial charge in [-0.05, 0) is 53.1 Å². The molecule has 4 rings (SSSR count). The van der Waals surface area contributed by atoms with Crippen LogP contribution in [0, 0.1) is 20.2 Å². The first-order chi connectivity index (χ1) is 17.2. The predicted octanol–water partition coefficient (Wildman–Crippen LogP) is 4.47. The Hall–Kier alpha value is -4.83. The highest BCUT2D eigenvalue weighted by molar-refractivity contribution is 6.14. The lowest BCUT2D eigenvalue weighted by Crippen LogP contribution is -2.37. The van der Waals surface area contributed by atoms with E-state index in [2.05, 4.69) is 0 Å². The van der Waals surface area contributed by atoms with Gasteiger partial charge in [0.2, 0.25) is 0 Å². The number of aromatic hydroxyl groups is 2. The first kappa shape index (κ1) is 24.3. The van der Waals surface area contributed by atoms with Gasteiger partial charge in [-0.2, -0.15) is 0 Å². The van der Waals surface area contributed by atoms with Crippen molar-refractivity contribution in [3.8, 4) is 11.5 Å². The maximum Gasteiger partial charge on any atom is 0.310 e. The first-order valence-corrected chi connectivity index (χ1v) is 10.9. The fourth-order valence-electron chi connectivity index (χ4n) is 4.03. The standard InChI is InChI=1S/C26H21N3O7/c30-24-12-18(6-8-22(24)28(33)34)10-20-15-27(14-17-4-2-1-3-5-17)16-21(26(20)32)11-19-7-9-23(29(35)36)25(31)13-19/h1-13,30-31H,14-16H2/b20-10-,21-11+. The molecule has 1 aliphatic rings. The second-order valence-electron chi connectivity index (χ2n) is 8.31. The van der Waals surface area contributed by atoms with E-state index in [4.69, 9.17) is 0 Å². The van der Waals surface area contributed by atoms with Crippen molar-refractivity contribution in [2.45, 2.75) is 6.54 Å². The van der Waals surface area contributed by atoms with Gasteiger partial charge in [-0.3, -0.25) is 29.9 Å². The lowest BCUT2D eigenvalue weighted by atomic mass is 9.93. The molecule has 0 bridgehead atoms. The summed E-state index contributed by atoms with van der Waals surface area (Å²) in [5.41, 5.74) is 1.83. The lowest BCUT2D eigenvalue weighted by molar-refractivity contribution is -0.386. The van der Waals surface area contributed by atoms with Crippen LogP contribution in [0.5, 0.6) is 11.5 Å². The number of hydrogen-bond acceptors (Lipinski definition) is 8. The van der Waals surface area contributed by atoms with E-state index in [1.807, 2.05) is 35.2 Å². The summed E-state index contributed by atoms with van der Waals surface area (Å²) in [6.07, 6.45) is 3.15. The molecular formula is C26H21N3O7. The van der Waals surface area contributed by atoms with Gasteiger partial charge in [0, 0.05) is 42.9 Å². The van der Waals surface area contributed by atoms with E-state index < -0.39 is 32.7 Å². The Bertz CT molecular complexity index is 1330. The number of nitro groups is 2. The maximum absolute atomic E-state index is 13.3. The molecule has 1 fully saturated rings. The number of Topliss-reactive ketones (excluding diaryl/α,β-unsaturated/α-hetero) is 1. The van der Waals surface area contributed by atoms with Crippen LogP contribution in [0.4, 0.5) is 11.4 Å². The summed E-state index contributed by atoms with van der Waals surface area (Å²) in [6, 6.07) is 17.4. The number of phenolic OH excluding ortho intramolecular Hbond substituents is 2. The highest BCUT2D eigenvalue weighted by Crippen LogP contribution is 2.31. The molecule has 0 radical (unpaired) electrons. The Morgan fingerprint density at radius 3 is 1.67 bits per heavy atom. The molecule has 3 aromatic carbocycles. The summed E-state index contributed by atoms with van der Waals surface area (Å²) >= 11 is 0. The van der Waals surface area contributed by atoms with Crippen LogP contribution >= 0.6 is 0 Å². The summed E-state index contributed by atoms with van der Waals surface area (Å²) < 4.78 is 0. The fraction of sp³-hybridized carbons (Fsp3) is 0.115. The molecule has 0 amide bonds. The molecule has 0 aromatic heterocycles. The second kappa shape index (κ2) is 10.2. The number of benzene rings is 3. The minimum Gasteiger partial charge on any atom is -0.502 e. The van der Waals surface area contributed by atoms with Crippen LogP contribution in [0.25, 0.3) is 12.2 Å². The number of likely N-dealkylation sites (tertiary alicyclic amines) is 1. The molecule has 0 spiro atoms. The van der Waals surface area contributed by atoms with Gasteiger partial charge in [-0.25, -0.2) is 0 Å². The number of rotatable bonds is 6. The van der Waals surface area contributed by atoms with Crippen LogP contribution in [0.15, 0.2) is 77.9 Å². The van der Waals surface area contributed by atoms with E-state index in [0.717, 1.165) is 5.56 Å². The van der Waals surface area contributed by atoms with Gasteiger partial charge in [-0.1, -0.05) is 30.3 Å². The van der Waals surface area contributed by atoms with E-state index in [0.29, 0.717) is 41.9 Å². The van der Waals surface area contributed by atoms with Crippen molar-refractivity contribution in [1.29, 1.82) is 0 Å². The van der Waals surface area contributed by atoms with Crippen molar-refractivity contribution in [2.24, 2.45) is 0 Å². The van der Waals surface area contributed by atoms with Gasteiger partial charge in [0.25, 0.3) is 0 Å². The lowest BCUT2D eigenvalue weighted by Gasteiger charge is -2.30. The topological polar surface area (TPSA) is 147 Å². The van der Waals surface area contributed by atoms with Crippen molar-refractivity contribution in [3.05, 3.63) is 115 Å². The van der Waals surface area contributed by atoms with E-state index >= 15 is 0 Å². The second-order valence-corrected chi connectivity index (χ2v) is 8.31. The van der Waals surface area contributed by atoms with Crippen molar-refractivity contribution >= 4 is 29.3 Å². The Morgan fingerprint density at radius 2 is 1.25 bits per heavy atom. The van der Waals surface area contributed by atoms with E-state index in [9.17, 15) is 35.2 Å². The summed E-state index contributed by atoms with van der Waals surface area (Å²) in [6.45, 7) is 1.14. The Morgan fingerprint density at radius 1 is 0.778 bits per heavy atom. The minimum atomic E-state index is -0.694. The van der Waals surface area contributed by atoms with Crippen molar-refractivity contribution in [3.63, 3.8) is 0 Å². The average molecular weight is 487 g/mol. The van der Waals surface area contributed by atoms with Crippen LogP contribution < -0.4 is 0 Å². The third-order valence-corrected chi connectivity index (χ3v) is 5.69. The highest BCUT2D eigenvalue weighted by atomic mass is 16.6. The summed E-state index contributed by atoms with van der Waals surface area (Å²) in [5.74, 6) is -1.28. The highest BCUT2D eigenvalue weighted by Gasteiger charge is 2.27. The van der Waals surface area contributed by atoms with E-state index in [1.165, 1.54) is 36.4 Å².